The van der Waals surface area contributed by atoms with Gasteiger partial charge in [0.25, 0.3) is 0 Å². The zero-order valence-corrected chi connectivity index (χ0v) is 20.6. The number of guanidine groups is 1. The zero-order chi connectivity index (χ0) is 20.1. The number of fused-ring (bicyclic) bond motifs is 1. The Morgan fingerprint density at radius 3 is 2.93 bits per heavy atom. The van der Waals surface area contributed by atoms with E-state index in [9.17, 15) is 0 Å². The number of hydrogen-bond acceptors (Lipinski definition) is 5. The van der Waals surface area contributed by atoms with Gasteiger partial charge in [0.05, 0.1) is 0 Å². The Hall–Kier alpha value is -1.72. The first kappa shape index (κ1) is 23.0. The van der Waals surface area contributed by atoms with Crippen molar-refractivity contribution in [2.75, 3.05) is 26.7 Å². The topological polar surface area (TPSA) is 69.8 Å². The summed E-state index contributed by atoms with van der Waals surface area (Å²) in [6, 6.07) is 10.8. The highest BCUT2D eigenvalue weighted by Crippen LogP contribution is 2.36. The standard InChI is InChI=1S/C21H29N7S.HI/c1-3-22-21(24-15-19-26-25-18-10-4-5-12-28(18)19)23-14-16-8-6-11-27(2)20(16)17-9-7-13-29-17;/h4-5,7,9-10,12-13,16,20H,3,6,8,11,14-15H2,1-2H3,(H2,22,23,24);1H. The van der Waals surface area contributed by atoms with Gasteiger partial charge in [-0.25, -0.2) is 4.99 Å². The molecule has 0 saturated carbocycles. The van der Waals surface area contributed by atoms with Crippen LogP contribution < -0.4 is 10.6 Å². The number of likely N-dealkylation sites (tertiary alicyclic amines) is 1. The van der Waals surface area contributed by atoms with Crippen LogP contribution in [0, 0.1) is 5.92 Å². The van der Waals surface area contributed by atoms with E-state index >= 15 is 0 Å². The molecule has 0 radical (unpaired) electrons. The van der Waals surface area contributed by atoms with Gasteiger partial charge in [-0.05, 0) is 62.9 Å². The highest BCUT2D eigenvalue weighted by molar-refractivity contribution is 14.0. The number of nitrogens with zero attached hydrogens (tertiary/aromatic N) is 5. The number of piperidine rings is 1. The van der Waals surface area contributed by atoms with Gasteiger partial charge in [0.1, 0.15) is 6.54 Å². The number of thiophene rings is 1. The summed E-state index contributed by atoms with van der Waals surface area (Å²) in [5, 5.41) is 17.6. The maximum absolute atomic E-state index is 4.76. The third kappa shape index (κ3) is 5.30. The zero-order valence-electron chi connectivity index (χ0n) is 17.5. The summed E-state index contributed by atoms with van der Waals surface area (Å²) >= 11 is 1.86. The second-order valence-corrected chi connectivity index (χ2v) is 8.44. The molecule has 0 bridgehead atoms. The molecule has 1 aliphatic heterocycles. The van der Waals surface area contributed by atoms with E-state index in [0.717, 1.165) is 37.1 Å². The van der Waals surface area contributed by atoms with Crippen molar-refractivity contribution in [1.29, 1.82) is 0 Å². The van der Waals surface area contributed by atoms with Gasteiger partial charge in [0.2, 0.25) is 0 Å². The number of halogens is 1. The minimum Gasteiger partial charge on any atom is -0.357 e. The van der Waals surface area contributed by atoms with Crippen LogP contribution in [0.2, 0.25) is 0 Å². The van der Waals surface area contributed by atoms with Crippen LogP contribution in [0.4, 0.5) is 0 Å². The SMILES string of the molecule is CCNC(=NCc1nnc2ccccn12)NCC1CCCN(C)C1c1cccs1.I. The average Bonchev–Trinajstić information content (AvgIpc) is 3.40. The molecule has 0 aliphatic carbocycles. The fraction of sp³-hybridized carbons (Fsp3) is 0.476. The Morgan fingerprint density at radius 2 is 2.13 bits per heavy atom. The van der Waals surface area contributed by atoms with Crippen LogP contribution in [-0.2, 0) is 6.54 Å². The normalized spacial score (nSPS) is 20.1. The molecule has 2 N–H and O–H groups in total. The van der Waals surface area contributed by atoms with E-state index in [1.54, 1.807) is 0 Å². The largest absolute Gasteiger partial charge is 0.357 e. The van der Waals surface area contributed by atoms with E-state index in [2.05, 4.69) is 57.2 Å². The lowest BCUT2D eigenvalue weighted by Crippen LogP contribution is -2.44. The second-order valence-electron chi connectivity index (χ2n) is 7.46. The van der Waals surface area contributed by atoms with Gasteiger partial charge in [-0.3, -0.25) is 9.30 Å². The van der Waals surface area contributed by atoms with Gasteiger partial charge in [-0.15, -0.1) is 45.5 Å². The number of nitrogens with one attached hydrogen (secondary N) is 2. The summed E-state index contributed by atoms with van der Waals surface area (Å²) in [5.74, 6) is 2.23. The molecule has 0 spiro atoms. The molecule has 9 heteroatoms. The number of aliphatic imine (C=N–C) groups is 1. The second kappa shape index (κ2) is 11.1. The quantitative estimate of drug-likeness (QED) is 0.285. The first-order valence-corrected chi connectivity index (χ1v) is 11.2. The molecule has 1 fully saturated rings. The summed E-state index contributed by atoms with van der Waals surface area (Å²) in [6.07, 6.45) is 4.45. The molecule has 162 valence electrons. The lowest BCUT2D eigenvalue weighted by Gasteiger charge is -2.39. The Bertz CT molecular complexity index is 940. The summed E-state index contributed by atoms with van der Waals surface area (Å²) in [7, 11) is 2.24. The van der Waals surface area contributed by atoms with Crippen LogP contribution in [0.5, 0.6) is 0 Å². The van der Waals surface area contributed by atoms with Crippen molar-refractivity contribution in [2.24, 2.45) is 10.9 Å². The van der Waals surface area contributed by atoms with Gasteiger partial charge in [-0.1, -0.05) is 12.1 Å². The highest BCUT2D eigenvalue weighted by atomic mass is 127. The number of aromatic nitrogens is 3. The molecule has 3 aromatic rings. The molecule has 4 rings (SSSR count). The van der Waals surface area contributed by atoms with Crippen LogP contribution in [0.3, 0.4) is 0 Å². The van der Waals surface area contributed by atoms with Gasteiger partial charge in [0, 0.05) is 30.2 Å². The molecule has 7 nitrogen and oxygen atoms in total. The van der Waals surface area contributed by atoms with E-state index in [-0.39, 0.29) is 24.0 Å². The summed E-state index contributed by atoms with van der Waals surface area (Å²) in [5.41, 5.74) is 0.847. The first-order valence-electron chi connectivity index (χ1n) is 10.3. The fourth-order valence-corrected chi connectivity index (χ4v) is 5.08. The molecule has 1 aliphatic rings. The molecular formula is C21H30IN7S. The number of pyridine rings is 1. The van der Waals surface area contributed by atoms with E-state index in [4.69, 9.17) is 4.99 Å². The van der Waals surface area contributed by atoms with Crippen molar-refractivity contribution in [1.82, 2.24) is 30.1 Å². The first-order chi connectivity index (χ1) is 14.3. The van der Waals surface area contributed by atoms with E-state index in [1.807, 2.05) is 40.1 Å². The van der Waals surface area contributed by atoms with Gasteiger partial charge < -0.3 is 10.6 Å². The molecular weight excluding hydrogens is 509 g/mol. The molecule has 1 saturated heterocycles. The van der Waals surface area contributed by atoms with Crippen molar-refractivity contribution in [3.8, 4) is 0 Å². The predicted molar refractivity (Wildman–Crippen MR) is 134 cm³/mol. The van der Waals surface area contributed by atoms with Crippen LogP contribution in [0.15, 0.2) is 46.9 Å². The third-order valence-electron chi connectivity index (χ3n) is 5.48. The van der Waals surface area contributed by atoms with E-state index in [0.29, 0.717) is 18.5 Å². The van der Waals surface area contributed by atoms with Crippen molar-refractivity contribution in [3.63, 3.8) is 0 Å². The third-order valence-corrected chi connectivity index (χ3v) is 6.42. The van der Waals surface area contributed by atoms with Crippen molar-refractivity contribution < 1.29 is 0 Å². The number of rotatable bonds is 6. The number of hydrogen-bond donors (Lipinski definition) is 2. The lowest BCUT2D eigenvalue weighted by atomic mass is 9.88. The minimum absolute atomic E-state index is 0. The Balaban J connectivity index is 0.00000256. The van der Waals surface area contributed by atoms with E-state index in [1.165, 1.54) is 17.7 Å². The van der Waals surface area contributed by atoms with Crippen molar-refractivity contribution in [3.05, 3.63) is 52.6 Å². The monoisotopic (exact) mass is 539 g/mol. The summed E-state index contributed by atoms with van der Waals surface area (Å²) in [6.45, 7) is 5.46. The highest BCUT2D eigenvalue weighted by Gasteiger charge is 2.31. The smallest absolute Gasteiger partial charge is 0.191 e. The molecule has 4 heterocycles. The summed E-state index contributed by atoms with van der Waals surface area (Å²) in [4.78, 5) is 8.71. The average molecular weight is 539 g/mol. The summed E-state index contributed by atoms with van der Waals surface area (Å²) < 4.78 is 1.98. The van der Waals surface area contributed by atoms with Crippen LogP contribution >= 0.6 is 35.3 Å². The van der Waals surface area contributed by atoms with Crippen LogP contribution in [0.1, 0.15) is 36.5 Å². The van der Waals surface area contributed by atoms with Crippen molar-refractivity contribution >= 4 is 46.9 Å². The molecule has 0 amide bonds. The predicted octanol–water partition coefficient (Wildman–Crippen LogP) is 3.55. The molecule has 0 aromatic carbocycles. The van der Waals surface area contributed by atoms with Gasteiger partial charge >= 0.3 is 0 Å². The maximum Gasteiger partial charge on any atom is 0.191 e. The Labute approximate surface area is 199 Å². The van der Waals surface area contributed by atoms with Crippen LogP contribution in [0.25, 0.3) is 5.65 Å². The lowest BCUT2D eigenvalue weighted by molar-refractivity contribution is 0.125. The van der Waals surface area contributed by atoms with Crippen LogP contribution in [-0.4, -0.2) is 52.1 Å². The molecule has 2 unspecified atom stereocenters. The molecule has 30 heavy (non-hydrogen) atoms. The van der Waals surface area contributed by atoms with Gasteiger partial charge in [-0.2, -0.15) is 0 Å². The molecule has 3 aromatic heterocycles. The van der Waals surface area contributed by atoms with Crippen molar-refractivity contribution in [2.45, 2.75) is 32.4 Å². The van der Waals surface area contributed by atoms with Gasteiger partial charge in [0.15, 0.2) is 17.4 Å². The fourth-order valence-electron chi connectivity index (χ4n) is 4.10. The minimum atomic E-state index is 0. The molecule has 2 atom stereocenters. The Morgan fingerprint density at radius 1 is 1.23 bits per heavy atom. The van der Waals surface area contributed by atoms with E-state index < -0.39 is 0 Å². The Kier molecular flexibility index (Phi) is 8.46. The maximum atomic E-state index is 4.76.